The highest BCUT2D eigenvalue weighted by atomic mass is 19.1. The van der Waals surface area contributed by atoms with Gasteiger partial charge in [0.15, 0.2) is 0 Å². The Balaban J connectivity index is 2.10. The normalized spacial score (nSPS) is 11.9. The molecule has 0 aliphatic rings. The van der Waals surface area contributed by atoms with Gasteiger partial charge in [-0.2, -0.15) is 0 Å². The van der Waals surface area contributed by atoms with Gasteiger partial charge in [0.05, 0.1) is 6.04 Å². The van der Waals surface area contributed by atoms with Gasteiger partial charge in [0, 0.05) is 12.1 Å². The van der Waals surface area contributed by atoms with Crippen LogP contribution in [0.3, 0.4) is 0 Å². The number of benzene rings is 2. The second-order valence-electron chi connectivity index (χ2n) is 4.65. The van der Waals surface area contributed by atoms with Crippen LogP contribution >= 0.6 is 0 Å². The number of rotatable bonds is 4. The summed E-state index contributed by atoms with van der Waals surface area (Å²) in [6, 6.07) is 13.1. The number of nitrogens with two attached hydrogens (primary N) is 1. The molecular formula is C16H17FN2O. The Morgan fingerprint density at radius 2 is 2.00 bits per heavy atom. The fourth-order valence-electron chi connectivity index (χ4n) is 1.98. The maximum absolute atomic E-state index is 13.2. The van der Waals surface area contributed by atoms with Crippen molar-refractivity contribution in [3.05, 3.63) is 71.0 Å². The zero-order chi connectivity index (χ0) is 14.5. The number of hydrogen-bond donors (Lipinski definition) is 2. The van der Waals surface area contributed by atoms with Crippen molar-refractivity contribution in [3.63, 3.8) is 0 Å². The van der Waals surface area contributed by atoms with Gasteiger partial charge < -0.3 is 11.1 Å². The Kier molecular flexibility index (Phi) is 4.48. The summed E-state index contributed by atoms with van der Waals surface area (Å²) in [5, 5.41) is 2.84. The number of amides is 1. The molecule has 4 heteroatoms. The van der Waals surface area contributed by atoms with Gasteiger partial charge in [-0.1, -0.05) is 24.3 Å². The minimum absolute atomic E-state index is 0.197. The first-order chi connectivity index (χ1) is 9.60. The van der Waals surface area contributed by atoms with Crippen molar-refractivity contribution in [2.24, 2.45) is 5.73 Å². The van der Waals surface area contributed by atoms with Crippen LogP contribution in [0.2, 0.25) is 0 Å². The van der Waals surface area contributed by atoms with Gasteiger partial charge in [-0.05, 0) is 42.3 Å². The molecule has 1 unspecified atom stereocenters. The van der Waals surface area contributed by atoms with Gasteiger partial charge in [0.1, 0.15) is 5.82 Å². The van der Waals surface area contributed by atoms with E-state index in [0.717, 1.165) is 11.1 Å². The molecule has 0 fully saturated rings. The third-order valence-electron chi connectivity index (χ3n) is 3.12. The third kappa shape index (κ3) is 3.42. The molecule has 0 aromatic heterocycles. The van der Waals surface area contributed by atoms with Crippen molar-refractivity contribution < 1.29 is 9.18 Å². The Morgan fingerprint density at radius 1 is 1.25 bits per heavy atom. The predicted octanol–water partition coefficient (Wildman–Crippen LogP) is 2.78. The summed E-state index contributed by atoms with van der Waals surface area (Å²) in [7, 11) is 0. The van der Waals surface area contributed by atoms with Crippen LogP contribution in [0.1, 0.15) is 34.5 Å². The number of halogens is 1. The van der Waals surface area contributed by atoms with Crippen LogP contribution in [-0.2, 0) is 6.54 Å². The summed E-state index contributed by atoms with van der Waals surface area (Å²) >= 11 is 0. The lowest BCUT2D eigenvalue weighted by Gasteiger charge is -2.14. The molecule has 0 aliphatic carbocycles. The van der Waals surface area contributed by atoms with E-state index in [-0.39, 0.29) is 17.8 Å². The third-order valence-corrected chi connectivity index (χ3v) is 3.12. The van der Waals surface area contributed by atoms with Crippen LogP contribution in [0.25, 0.3) is 0 Å². The van der Waals surface area contributed by atoms with E-state index in [2.05, 4.69) is 5.32 Å². The molecule has 20 heavy (non-hydrogen) atoms. The van der Waals surface area contributed by atoms with Gasteiger partial charge in [0.25, 0.3) is 5.91 Å². The summed E-state index contributed by atoms with van der Waals surface area (Å²) < 4.78 is 13.2. The van der Waals surface area contributed by atoms with E-state index in [1.54, 1.807) is 30.3 Å². The molecule has 0 spiro atoms. The molecule has 0 aliphatic heterocycles. The first-order valence-corrected chi connectivity index (χ1v) is 6.45. The van der Waals surface area contributed by atoms with Crippen molar-refractivity contribution in [1.29, 1.82) is 0 Å². The summed E-state index contributed by atoms with van der Waals surface area (Å²) in [5.41, 5.74) is 7.74. The number of hydrogen-bond acceptors (Lipinski definition) is 2. The fraction of sp³-hybridized carbons (Fsp3) is 0.188. The van der Waals surface area contributed by atoms with E-state index < -0.39 is 0 Å². The smallest absolute Gasteiger partial charge is 0.251 e. The molecule has 0 saturated heterocycles. The van der Waals surface area contributed by atoms with Gasteiger partial charge >= 0.3 is 0 Å². The Morgan fingerprint density at radius 3 is 2.70 bits per heavy atom. The van der Waals surface area contributed by atoms with Gasteiger partial charge in [-0.3, -0.25) is 4.79 Å². The second-order valence-corrected chi connectivity index (χ2v) is 4.65. The fourth-order valence-corrected chi connectivity index (χ4v) is 1.98. The minimum atomic E-state index is -0.311. The van der Waals surface area contributed by atoms with E-state index in [1.807, 2.05) is 13.0 Å². The van der Waals surface area contributed by atoms with Crippen molar-refractivity contribution in [2.75, 3.05) is 0 Å². The second kappa shape index (κ2) is 6.30. The van der Waals surface area contributed by atoms with Crippen molar-refractivity contribution in [1.82, 2.24) is 5.32 Å². The van der Waals surface area contributed by atoms with E-state index in [4.69, 9.17) is 5.73 Å². The lowest BCUT2D eigenvalue weighted by molar-refractivity contribution is 0.0939. The van der Waals surface area contributed by atoms with Crippen LogP contribution < -0.4 is 11.1 Å². The lowest BCUT2D eigenvalue weighted by atomic mass is 10.1. The molecular weight excluding hydrogens is 255 g/mol. The first kappa shape index (κ1) is 14.2. The van der Waals surface area contributed by atoms with Crippen LogP contribution in [0.15, 0.2) is 48.5 Å². The molecule has 2 aromatic carbocycles. The Labute approximate surface area is 117 Å². The molecule has 0 bridgehead atoms. The number of nitrogens with one attached hydrogen (secondary N) is 1. The largest absolute Gasteiger partial charge is 0.346 e. The van der Waals surface area contributed by atoms with E-state index in [1.165, 1.54) is 12.1 Å². The molecule has 1 amide bonds. The average molecular weight is 272 g/mol. The summed E-state index contributed by atoms with van der Waals surface area (Å²) in [6.45, 7) is 2.21. The zero-order valence-electron chi connectivity index (χ0n) is 11.3. The molecule has 3 N–H and O–H groups in total. The van der Waals surface area contributed by atoms with Gasteiger partial charge in [0.2, 0.25) is 0 Å². The summed E-state index contributed by atoms with van der Waals surface area (Å²) in [6.07, 6.45) is 0. The van der Waals surface area contributed by atoms with Crippen LogP contribution in [-0.4, -0.2) is 5.91 Å². The number of carbonyl (C=O) groups excluding carboxylic acids is 1. The van der Waals surface area contributed by atoms with Crippen molar-refractivity contribution >= 4 is 5.91 Å². The molecule has 1 atom stereocenters. The zero-order valence-corrected chi connectivity index (χ0v) is 11.3. The molecule has 0 radical (unpaired) electrons. The molecule has 3 nitrogen and oxygen atoms in total. The highest BCUT2D eigenvalue weighted by molar-refractivity contribution is 5.94. The quantitative estimate of drug-likeness (QED) is 0.899. The number of carbonyl (C=O) groups is 1. The van der Waals surface area contributed by atoms with E-state index >= 15 is 0 Å². The highest BCUT2D eigenvalue weighted by Crippen LogP contribution is 2.14. The standard InChI is InChI=1S/C16H17FN2O/c1-11(13-5-3-7-15(17)9-13)19-16(20)14-6-2-4-12(8-14)10-18/h2-9,11H,10,18H2,1H3,(H,19,20). The van der Waals surface area contributed by atoms with Crippen molar-refractivity contribution in [3.8, 4) is 0 Å². The molecule has 2 aromatic rings. The average Bonchev–Trinajstić information content (AvgIpc) is 2.47. The van der Waals surface area contributed by atoms with Crippen LogP contribution in [0, 0.1) is 5.82 Å². The summed E-state index contributed by atoms with van der Waals surface area (Å²) in [5.74, 6) is -0.509. The molecule has 2 rings (SSSR count). The summed E-state index contributed by atoms with van der Waals surface area (Å²) in [4.78, 5) is 12.1. The van der Waals surface area contributed by atoms with Crippen LogP contribution in [0.5, 0.6) is 0 Å². The van der Waals surface area contributed by atoms with Crippen molar-refractivity contribution in [2.45, 2.75) is 19.5 Å². The van der Waals surface area contributed by atoms with E-state index in [9.17, 15) is 9.18 Å². The Hall–Kier alpha value is -2.20. The maximum atomic E-state index is 13.2. The highest BCUT2D eigenvalue weighted by Gasteiger charge is 2.12. The maximum Gasteiger partial charge on any atom is 0.251 e. The van der Waals surface area contributed by atoms with Crippen LogP contribution in [0.4, 0.5) is 4.39 Å². The lowest BCUT2D eigenvalue weighted by Crippen LogP contribution is -2.26. The van der Waals surface area contributed by atoms with Gasteiger partial charge in [-0.15, -0.1) is 0 Å². The first-order valence-electron chi connectivity index (χ1n) is 6.45. The minimum Gasteiger partial charge on any atom is -0.346 e. The predicted molar refractivity (Wildman–Crippen MR) is 76.6 cm³/mol. The molecule has 0 saturated carbocycles. The molecule has 0 heterocycles. The van der Waals surface area contributed by atoms with E-state index in [0.29, 0.717) is 12.1 Å². The Bertz CT molecular complexity index is 613. The SMILES string of the molecule is CC(NC(=O)c1cccc(CN)c1)c1cccc(F)c1. The van der Waals surface area contributed by atoms with Gasteiger partial charge in [-0.25, -0.2) is 4.39 Å². The topological polar surface area (TPSA) is 55.1 Å². The molecule has 104 valence electrons. The monoisotopic (exact) mass is 272 g/mol.